The van der Waals surface area contributed by atoms with Crippen molar-refractivity contribution in [3.8, 4) is 0 Å². The fourth-order valence-corrected chi connectivity index (χ4v) is 2.35. The highest BCUT2D eigenvalue weighted by atomic mass is 16.5. The zero-order valence-electron chi connectivity index (χ0n) is 11.3. The predicted octanol–water partition coefficient (Wildman–Crippen LogP) is 1.35. The number of hydrogen-bond donors (Lipinski definition) is 1. The van der Waals surface area contributed by atoms with Crippen LogP contribution in [0, 0.1) is 12.8 Å². The zero-order chi connectivity index (χ0) is 13.8. The number of rotatable bonds is 4. The predicted molar refractivity (Wildman–Crippen MR) is 70.5 cm³/mol. The Labute approximate surface area is 112 Å². The van der Waals surface area contributed by atoms with E-state index in [9.17, 15) is 4.79 Å². The maximum Gasteiger partial charge on any atom is 0.339 e. The largest absolute Gasteiger partial charge is 0.478 e. The number of aromatic carboxylic acids is 1. The van der Waals surface area contributed by atoms with Gasteiger partial charge in [0.05, 0.1) is 11.3 Å². The van der Waals surface area contributed by atoms with Gasteiger partial charge in [0.25, 0.3) is 0 Å². The fourth-order valence-electron chi connectivity index (χ4n) is 2.35. The van der Waals surface area contributed by atoms with E-state index in [1.807, 2.05) is 0 Å². The van der Waals surface area contributed by atoms with E-state index in [-0.39, 0.29) is 5.56 Å². The number of carboxylic acid groups (broad SMARTS) is 1. The van der Waals surface area contributed by atoms with Gasteiger partial charge in [-0.3, -0.25) is 0 Å². The van der Waals surface area contributed by atoms with E-state index >= 15 is 0 Å². The minimum atomic E-state index is -0.983. The zero-order valence-corrected chi connectivity index (χ0v) is 11.3. The van der Waals surface area contributed by atoms with Crippen LogP contribution >= 0.6 is 0 Å². The van der Waals surface area contributed by atoms with Crippen LogP contribution in [0.2, 0.25) is 0 Å². The monoisotopic (exact) mass is 265 g/mol. The molecule has 1 saturated heterocycles. The van der Waals surface area contributed by atoms with Gasteiger partial charge >= 0.3 is 5.97 Å². The highest BCUT2D eigenvalue weighted by Crippen LogP contribution is 2.21. The first kappa shape index (κ1) is 13.7. The molecule has 0 saturated carbocycles. The average molecular weight is 265 g/mol. The first-order chi connectivity index (χ1) is 9.11. The van der Waals surface area contributed by atoms with Gasteiger partial charge in [-0.25, -0.2) is 14.8 Å². The topological polar surface area (TPSA) is 75.5 Å². The number of carboxylic acids is 1. The Balaban J connectivity index is 2.04. The lowest BCUT2D eigenvalue weighted by Gasteiger charge is -2.31. The van der Waals surface area contributed by atoms with Gasteiger partial charge in [0.1, 0.15) is 0 Å². The molecule has 0 aliphatic carbocycles. The number of methoxy groups -OCH3 is 1. The van der Waals surface area contributed by atoms with Crippen molar-refractivity contribution in [3.63, 3.8) is 0 Å². The second kappa shape index (κ2) is 5.97. The number of hydrogen-bond acceptors (Lipinski definition) is 5. The summed E-state index contributed by atoms with van der Waals surface area (Å²) in [4.78, 5) is 21.5. The molecule has 6 nitrogen and oxygen atoms in total. The van der Waals surface area contributed by atoms with E-state index in [2.05, 4.69) is 14.9 Å². The lowest BCUT2D eigenvalue weighted by Crippen LogP contribution is -2.36. The quantitative estimate of drug-likeness (QED) is 0.885. The molecule has 1 N–H and O–H groups in total. The molecule has 6 heteroatoms. The van der Waals surface area contributed by atoms with Gasteiger partial charge in [0, 0.05) is 33.0 Å². The molecular formula is C13H19N3O3. The SMILES string of the molecule is COCC1CCN(c2ncc(C(=O)O)c(C)n2)CC1. The summed E-state index contributed by atoms with van der Waals surface area (Å²) in [5.41, 5.74) is 0.675. The molecule has 0 atom stereocenters. The number of aryl methyl sites for hydroxylation is 1. The number of anilines is 1. The minimum absolute atomic E-state index is 0.165. The van der Waals surface area contributed by atoms with Crippen LogP contribution in [0.15, 0.2) is 6.20 Å². The fraction of sp³-hybridized carbons (Fsp3) is 0.615. The summed E-state index contributed by atoms with van der Waals surface area (Å²) in [6, 6.07) is 0. The van der Waals surface area contributed by atoms with Crippen LogP contribution in [-0.4, -0.2) is 47.8 Å². The molecule has 1 aliphatic heterocycles. The van der Waals surface area contributed by atoms with Crippen molar-refractivity contribution >= 4 is 11.9 Å². The summed E-state index contributed by atoms with van der Waals surface area (Å²) in [7, 11) is 1.73. The van der Waals surface area contributed by atoms with Crippen molar-refractivity contribution in [2.24, 2.45) is 5.92 Å². The molecule has 2 heterocycles. The van der Waals surface area contributed by atoms with Crippen LogP contribution in [-0.2, 0) is 4.74 Å². The standard InChI is InChI=1S/C13H19N3O3/c1-9-11(12(17)18)7-14-13(15-9)16-5-3-10(4-6-16)8-19-2/h7,10H,3-6,8H2,1-2H3,(H,17,18). The van der Waals surface area contributed by atoms with Gasteiger partial charge in [-0.15, -0.1) is 0 Å². The number of piperidine rings is 1. The van der Waals surface area contributed by atoms with Crippen molar-refractivity contribution in [2.45, 2.75) is 19.8 Å². The van der Waals surface area contributed by atoms with Crippen molar-refractivity contribution in [1.29, 1.82) is 0 Å². The molecule has 104 valence electrons. The molecule has 0 radical (unpaired) electrons. The smallest absolute Gasteiger partial charge is 0.339 e. The van der Waals surface area contributed by atoms with Gasteiger partial charge in [0.2, 0.25) is 5.95 Å². The Hall–Kier alpha value is -1.69. The molecule has 2 rings (SSSR count). The Bertz CT molecular complexity index is 456. The molecule has 19 heavy (non-hydrogen) atoms. The number of ether oxygens (including phenoxy) is 1. The van der Waals surface area contributed by atoms with E-state index < -0.39 is 5.97 Å². The summed E-state index contributed by atoms with van der Waals surface area (Å²) < 4.78 is 5.17. The number of nitrogens with zero attached hydrogens (tertiary/aromatic N) is 3. The molecule has 1 aliphatic rings. The Morgan fingerprint density at radius 1 is 1.53 bits per heavy atom. The highest BCUT2D eigenvalue weighted by Gasteiger charge is 2.21. The molecule has 0 bridgehead atoms. The van der Waals surface area contributed by atoms with Crippen molar-refractivity contribution in [2.75, 3.05) is 31.7 Å². The third-order valence-corrected chi connectivity index (χ3v) is 3.50. The second-order valence-corrected chi connectivity index (χ2v) is 4.86. The molecule has 0 spiro atoms. The van der Waals surface area contributed by atoms with E-state index in [1.54, 1.807) is 14.0 Å². The first-order valence-electron chi connectivity index (χ1n) is 6.42. The van der Waals surface area contributed by atoms with Gasteiger partial charge in [-0.2, -0.15) is 0 Å². The maximum absolute atomic E-state index is 10.9. The Morgan fingerprint density at radius 2 is 2.21 bits per heavy atom. The van der Waals surface area contributed by atoms with Crippen LogP contribution in [0.3, 0.4) is 0 Å². The van der Waals surface area contributed by atoms with E-state index in [1.165, 1.54) is 6.20 Å². The van der Waals surface area contributed by atoms with E-state index in [0.29, 0.717) is 17.6 Å². The minimum Gasteiger partial charge on any atom is -0.478 e. The van der Waals surface area contributed by atoms with Gasteiger partial charge in [-0.1, -0.05) is 0 Å². The molecule has 1 aromatic heterocycles. The number of aromatic nitrogens is 2. The normalized spacial score (nSPS) is 16.6. The molecule has 1 fully saturated rings. The van der Waals surface area contributed by atoms with Gasteiger partial charge in [-0.05, 0) is 25.7 Å². The van der Waals surface area contributed by atoms with Crippen molar-refractivity contribution < 1.29 is 14.6 Å². The maximum atomic E-state index is 10.9. The summed E-state index contributed by atoms with van der Waals surface area (Å²) in [5, 5.41) is 8.95. The van der Waals surface area contributed by atoms with Crippen LogP contribution in [0.5, 0.6) is 0 Å². The van der Waals surface area contributed by atoms with Crippen LogP contribution in [0.25, 0.3) is 0 Å². The Morgan fingerprint density at radius 3 is 2.74 bits per heavy atom. The molecule has 0 unspecified atom stereocenters. The third-order valence-electron chi connectivity index (χ3n) is 3.50. The lowest BCUT2D eigenvalue weighted by molar-refractivity contribution is 0.0695. The van der Waals surface area contributed by atoms with E-state index in [0.717, 1.165) is 32.5 Å². The van der Waals surface area contributed by atoms with Crippen LogP contribution in [0.4, 0.5) is 5.95 Å². The molecule has 1 aromatic rings. The van der Waals surface area contributed by atoms with Crippen molar-refractivity contribution in [3.05, 3.63) is 17.5 Å². The lowest BCUT2D eigenvalue weighted by atomic mass is 9.98. The Kier molecular flexibility index (Phi) is 4.31. The van der Waals surface area contributed by atoms with Crippen LogP contribution in [0.1, 0.15) is 28.9 Å². The van der Waals surface area contributed by atoms with Gasteiger partial charge < -0.3 is 14.7 Å². The summed E-state index contributed by atoms with van der Waals surface area (Å²) in [6.07, 6.45) is 3.50. The van der Waals surface area contributed by atoms with Crippen molar-refractivity contribution in [1.82, 2.24) is 9.97 Å². The van der Waals surface area contributed by atoms with Gasteiger partial charge in [0.15, 0.2) is 0 Å². The van der Waals surface area contributed by atoms with E-state index in [4.69, 9.17) is 9.84 Å². The molecule has 0 aromatic carbocycles. The average Bonchev–Trinajstić information content (AvgIpc) is 2.39. The summed E-state index contributed by atoms with van der Waals surface area (Å²) in [6.45, 7) is 4.28. The first-order valence-corrected chi connectivity index (χ1v) is 6.42. The van der Waals surface area contributed by atoms with Crippen LogP contribution < -0.4 is 4.90 Å². The summed E-state index contributed by atoms with van der Waals surface area (Å²) in [5.74, 6) is 0.238. The number of carbonyl (C=O) groups is 1. The summed E-state index contributed by atoms with van der Waals surface area (Å²) >= 11 is 0. The highest BCUT2D eigenvalue weighted by molar-refractivity contribution is 5.88. The molecule has 0 amide bonds. The third kappa shape index (κ3) is 3.20. The molecular weight excluding hydrogens is 246 g/mol. The second-order valence-electron chi connectivity index (χ2n) is 4.86.